The summed E-state index contributed by atoms with van der Waals surface area (Å²) < 4.78 is 2.83. The van der Waals surface area contributed by atoms with Crippen LogP contribution in [0.25, 0.3) is 10.1 Å². The van der Waals surface area contributed by atoms with E-state index in [0.717, 1.165) is 21.2 Å². The molecular weight excluding hydrogens is 256 g/mol. The number of hydrogen-bond donors (Lipinski definition) is 1. The van der Waals surface area contributed by atoms with E-state index in [-0.39, 0.29) is 5.56 Å². The zero-order valence-electron chi connectivity index (χ0n) is 10.4. The van der Waals surface area contributed by atoms with E-state index < -0.39 is 0 Å². The third-order valence-corrected chi connectivity index (χ3v) is 4.21. The number of benzene rings is 2. The van der Waals surface area contributed by atoms with Crippen molar-refractivity contribution in [1.82, 2.24) is 3.96 Å². The third kappa shape index (κ3) is 2.32. The van der Waals surface area contributed by atoms with E-state index in [2.05, 4.69) is 0 Å². The van der Waals surface area contributed by atoms with Crippen molar-refractivity contribution in [3.05, 3.63) is 70.0 Å². The van der Waals surface area contributed by atoms with E-state index in [9.17, 15) is 4.79 Å². The first-order chi connectivity index (χ1) is 9.28. The van der Waals surface area contributed by atoms with Gasteiger partial charge in [0.1, 0.15) is 0 Å². The molecule has 2 aromatic carbocycles. The van der Waals surface area contributed by atoms with Gasteiger partial charge in [0.15, 0.2) is 0 Å². The molecule has 0 spiro atoms. The number of fused-ring (bicyclic) bond motifs is 1. The third-order valence-electron chi connectivity index (χ3n) is 3.14. The highest BCUT2D eigenvalue weighted by Crippen LogP contribution is 2.17. The predicted molar refractivity (Wildman–Crippen MR) is 79.5 cm³/mol. The standard InChI is InChI=1S/C15H14N2OS/c16-9-11-5-7-12(8-6-11)10-17-15(18)13-3-1-2-4-14(13)19-17/h1-8H,9-10,16H2. The lowest BCUT2D eigenvalue weighted by atomic mass is 10.1. The second-order valence-electron chi connectivity index (χ2n) is 4.45. The smallest absolute Gasteiger partial charge is 0.268 e. The van der Waals surface area contributed by atoms with E-state index in [0.29, 0.717) is 13.1 Å². The van der Waals surface area contributed by atoms with Crippen molar-refractivity contribution >= 4 is 21.6 Å². The highest BCUT2D eigenvalue weighted by Gasteiger charge is 2.06. The van der Waals surface area contributed by atoms with Gasteiger partial charge in [0.25, 0.3) is 5.56 Å². The topological polar surface area (TPSA) is 48.0 Å². The molecular formula is C15H14N2OS. The second kappa shape index (κ2) is 4.99. The van der Waals surface area contributed by atoms with Gasteiger partial charge in [-0.05, 0) is 23.3 Å². The van der Waals surface area contributed by atoms with E-state index >= 15 is 0 Å². The predicted octanol–water partition coefficient (Wildman–Crippen LogP) is 2.57. The SMILES string of the molecule is NCc1ccc(Cn2sc3ccccc3c2=O)cc1. The lowest BCUT2D eigenvalue weighted by Gasteiger charge is -2.02. The lowest BCUT2D eigenvalue weighted by molar-refractivity contribution is 0.853. The van der Waals surface area contributed by atoms with Gasteiger partial charge in [-0.25, -0.2) is 0 Å². The Hall–Kier alpha value is -1.91. The number of nitrogens with two attached hydrogens (primary N) is 1. The Bertz CT molecular complexity index is 756. The van der Waals surface area contributed by atoms with Crippen molar-refractivity contribution in [3.8, 4) is 0 Å². The minimum Gasteiger partial charge on any atom is -0.326 e. The molecule has 1 heterocycles. The fourth-order valence-electron chi connectivity index (χ4n) is 2.07. The van der Waals surface area contributed by atoms with Gasteiger partial charge in [0.05, 0.1) is 16.6 Å². The van der Waals surface area contributed by atoms with Crippen LogP contribution in [0.5, 0.6) is 0 Å². The van der Waals surface area contributed by atoms with Crippen molar-refractivity contribution in [2.24, 2.45) is 5.73 Å². The number of nitrogens with zero attached hydrogens (tertiary/aromatic N) is 1. The van der Waals surface area contributed by atoms with Crippen LogP contribution in [0.3, 0.4) is 0 Å². The Labute approximate surface area is 115 Å². The summed E-state index contributed by atoms with van der Waals surface area (Å²) in [7, 11) is 0. The monoisotopic (exact) mass is 270 g/mol. The molecule has 0 atom stereocenters. The molecule has 0 aliphatic heterocycles. The van der Waals surface area contributed by atoms with Gasteiger partial charge in [-0.2, -0.15) is 0 Å². The summed E-state index contributed by atoms with van der Waals surface area (Å²) in [5.41, 5.74) is 7.88. The van der Waals surface area contributed by atoms with Gasteiger partial charge in [-0.15, -0.1) is 0 Å². The van der Waals surface area contributed by atoms with Crippen LogP contribution in [-0.2, 0) is 13.1 Å². The summed E-state index contributed by atoms with van der Waals surface area (Å²) in [6.07, 6.45) is 0. The molecule has 2 N–H and O–H groups in total. The molecule has 1 aromatic heterocycles. The summed E-state index contributed by atoms with van der Waals surface area (Å²) in [6.45, 7) is 1.16. The molecule has 0 saturated heterocycles. The molecule has 0 unspecified atom stereocenters. The van der Waals surface area contributed by atoms with Crippen molar-refractivity contribution in [1.29, 1.82) is 0 Å². The maximum Gasteiger partial charge on any atom is 0.268 e. The number of rotatable bonds is 3. The quantitative estimate of drug-likeness (QED) is 0.795. The van der Waals surface area contributed by atoms with Crippen molar-refractivity contribution in [2.45, 2.75) is 13.1 Å². The van der Waals surface area contributed by atoms with Crippen molar-refractivity contribution in [2.75, 3.05) is 0 Å². The number of hydrogen-bond acceptors (Lipinski definition) is 3. The fraction of sp³-hybridized carbons (Fsp3) is 0.133. The molecule has 3 aromatic rings. The molecule has 4 heteroatoms. The zero-order valence-corrected chi connectivity index (χ0v) is 11.2. The summed E-state index contributed by atoms with van der Waals surface area (Å²) in [5, 5.41) is 0.797. The Morgan fingerprint density at radius 3 is 2.37 bits per heavy atom. The molecule has 3 rings (SSSR count). The molecule has 0 amide bonds. The summed E-state index contributed by atoms with van der Waals surface area (Å²) in [5.74, 6) is 0. The summed E-state index contributed by atoms with van der Waals surface area (Å²) in [6, 6.07) is 15.8. The van der Waals surface area contributed by atoms with Crippen LogP contribution >= 0.6 is 11.5 Å². The molecule has 0 aliphatic rings. The Morgan fingerprint density at radius 2 is 1.68 bits per heavy atom. The van der Waals surface area contributed by atoms with E-state index in [1.165, 1.54) is 11.5 Å². The Balaban J connectivity index is 1.96. The summed E-state index contributed by atoms with van der Waals surface area (Å²) in [4.78, 5) is 12.2. The van der Waals surface area contributed by atoms with E-state index in [1.54, 1.807) is 3.96 Å². The average molecular weight is 270 g/mol. The van der Waals surface area contributed by atoms with Gasteiger partial charge < -0.3 is 5.73 Å². The Kier molecular flexibility index (Phi) is 3.19. The molecule has 0 saturated carbocycles. The average Bonchev–Trinajstić information content (AvgIpc) is 2.77. The normalized spacial score (nSPS) is 11.0. The molecule has 96 valence electrons. The van der Waals surface area contributed by atoms with E-state index in [4.69, 9.17) is 5.73 Å². The second-order valence-corrected chi connectivity index (χ2v) is 5.51. The maximum atomic E-state index is 12.2. The van der Waals surface area contributed by atoms with Crippen LogP contribution in [0.2, 0.25) is 0 Å². The fourth-order valence-corrected chi connectivity index (χ4v) is 3.09. The van der Waals surface area contributed by atoms with Gasteiger partial charge >= 0.3 is 0 Å². The molecule has 3 nitrogen and oxygen atoms in total. The number of aromatic nitrogens is 1. The molecule has 0 radical (unpaired) electrons. The minimum atomic E-state index is 0.0866. The van der Waals surface area contributed by atoms with Crippen molar-refractivity contribution < 1.29 is 0 Å². The Morgan fingerprint density at radius 1 is 1.00 bits per heavy atom. The van der Waals surface area contributed by atoms with Gasteiger partial charge in [-0.1, -0.05) is 47.9 Å². The molecule has 0 aliphatic carbocycles. The highest BCUT2D eigenvalue weighted by molar-refractivity contribution is 7.13. The van der Waals surface area contributed by atoms with E-state index in [1.807, 2.05) is 48.5 Å². The molecule has 0 fully saturated rings. The van der Waals surface area contributed by atoms with Crippen molar-refractivity contribution in [3.63, 3.8) is 0 Å². The van der Waals surface area contributed by atoms with Crippen LogP contribution in [-0.4, -0.2) is 3.96 Å². The van der Waals surface area contributed by atoms with Gasteiger partial charge in [0, 0.05) is 6.54 Å². The lowest BCUT2D eigenvalue weighted by Crippen LogP contribution is -2.13. The van der Waals surface area contributed by atoms with Gasteiger partial charge in [0.2, 0.25) is 0 Å². The minimum absolute atomic E-state index is 0.0866. The summed E-state index contributed by atoms with van der Waals surface area (Å²) >= 11 is 1.51. The van der Waals surface area contributed by atoms with Crippen LogP contribution < -0.4 is 11.3 Å². The first-order valence-corrected chi connectivity index (χ1v) is 6.92. The maximum absolute atomic E-state index is 12.2. The van der Waals surface area contributed by atoms with Crippen LogP contribution in [0.4, 0.5) is 0 Å². The first-order valence-electron chi connectivity index (χ1n) is 6.14. The highest BCUT2D eigenvalue weighted by atomic mass is 32.1. The zero-order chi connectivity index (χ0) is 13.2. The van der Waals surface area contributed by atoms with Crippen LogP contribution in [0.1, 0.15) is 11.1 Å². The van der Waals surface area contributed by atoms with Gasteiger partial charge in [-0.3, -0.25) is 8.75 Å². The largest absolute Gasteiger partial charge is 0.326 e. The molecule has 0 bridgehead atoms. The van der Waals surface area contributed by atoms with Crippen LogP contribution in [0.15, 0.2) is 53.3 Å². The first kappa shape index (κ1) is 12.1. The van der Waals surface area contributed by atoms with Crippen LogP contribution in [0, 0.1) is 0 Å². The molecule has 19 heavy (non-hydrogen) atoms.